The molecule has 0 unspecified atom stereocenters. The van der Waals surface area contributed by atoms with E-state index >= 15 is 0 Å². The number of carbonyl (C=O) groups excluding carboxylic acids is 2. The molecular weight excluding hydrogens is 341 g/mol. The molecule has 3 aliphatic carbocycles. The van der Waals surface area contributed by atoms with E-state index in [2.05, 4.69) is 20.5 Å². The molecular formula is C16H16FN7O2. The lowest BCUT2D eigenvalue weighted by Gasteiger charge is -2.69. The number of halogens is 1. The predicted octanol–water partition coefficient (Wildman–Crippen LogP) is -0.127. The van der Waals surface area contributed by atoms with Gasteiger partial charge in [-0.05, 0) is 12.1 Å². The zero-order valence-corrected chi connectivity index (χ0v) is 13.9. The number of rotatable bonds is 4. The van der Waals surface area contributed by atoms with Gasteiger partial charge in [-0.25, -0.2) is 9.07 Å². The number of aromatic nitrogens is 5. The van der Waals surface area contributed by atoms with Crippen LogP contribution in [0, 0.1) is 0 Å². The van der Waals surface area contributed by atoms with Crippen LogP contribution in [0.4, 0.5) is 4.39 Å². The Morgan fingerprint density at radius 1 is 1.08 bits per heavy atom. The van der Waals surface area contributed by atoms with Crippen molar-refractivity contribution in [2.24, 2.45) is 0 Å². The zero-order chi connectivity index (χ0) is 17.9. The van der Waals surface area contributed by atoms with Gasteiger partial charge in [0.1, 0.15) is 5.67 Å². The minimum absolute atomic E-state index is 0.211. The summed E-state index contributed by atoms with van der Waals surface area (Å²) in [6, 6.07) is 3.46. The van der Waals surface area contributed by atoms with E-state index in [0.29, 0.717) is 43.9 Å². The van der Waals surface area contributed by atoms with Crippen molar-refractivity contribution in [2.75, 3.05) is 13.1 Å². The highest BCUT2D eigenvalue weighted by Gasteiger charge is 2.73. The second-order valence-electron chi connectivity index (χ2n) is 7.32. The molecule has 2 aromatic rings. The number of amides is 2. The molecule has 0 aromatic carbocycles. The standard InChI is InChI=1S/C16H16FN7O2/c17-15-8-16(9-15,10-15)23-6-5-22(13(25)14(23)26)7-11-1-2-12(20-19-11)24-4-3-18-21-24/h1-4H,5-10H2. The molecule has 3 saturated carbocycles. The average molecular weight is 357 g/mol. The lowest BCUT2D eigenvalue weighted by molar-refractivity contribution is -0.230. The molecule has 9 nitrogen and oxygen atoms in total. The molecule has 4 fully saturated rings. The van der Waals surface area contributed by atoms with Gasteiger partial charge in [-0.1, -0.05) is 5.21 Å². The highest BCUT2D eigenvalue weighted by Crippen LogP contribution is 2.66. The van der Waals surface area contributed by atoms with Gasteiger partial charge in [0, 0.05) is 32.4 Å². The maximum Gasteiger partial charge on any atom is 0.312 e. The molecule has 1 saturated heterocycles. The Balaban J connectivity index is 1.26. The van der Waals surface area contributed by atoms with Gasteiger partial charge in [-0.15, -0.1) is 10.2 Å². The molecule has 26 heavy (non-hydrogen) atoms. The maximum atomic E-state index is 13.7. The molecule has 1 aliphatic heterocycles. The van der Waals surface area contributed by atoms with Crippen LogP contribution in [-0.4, -0.2) is 71.1 Å². The lowest BCUT2D eigenvalue weighted by Crippen LogP contribution is -2.79. The van der Waals surface area contributed by atoms with Crippen LogP contribution in [0.15, 0.2) is 24.5 Å². The summed E-state index contributed by atoms with van der Waals surface area (Å²) in [6.45, 7) is 1.06. The van der Waals surface area contributed by atoms with Gasteiger partial charge in [-0.3, -0.25) is 9.59 Å². The largest absolute Gasteiger partial charge is 0.327 e. The third-order valence-corrected chi connectivity index (χ3v) is 5.53. The molecule has 2 amide bonds. The summed E-state index contributed by atoms with van der Waals surface area (Å²) in [4.78, 5) is 28.0. The average Bonchev–Trinajstić information content (AvgIpc) is 3.11. The van der Waals surface area contributed by atoms with E-state index in [1.807, 2.05) is 0 Å². The summed E-state index contributed by atoms with van der Waals surface area (Å²) < 4.78 is 15.2. The Morgan fingerprint density at radius 3 is 2.50 bits per heavy atom. The number of alkyl halides is 1. The van der Waals surface area contributed by atoms with Crippen molar-refractivity contribution >= 4 is 11.8 Å². The molecule has 6 rings (SSSR count). The molecule has 2 aromatic heterocycles. The molecule has 4 aliphatic rings. The summed E-state index contributed by atoms with van der Waals surface area (Å²) in [5, 5.41) is 15.7. The third kappa shape index (κ3) is 2.14. The Hall–Kier alpha value is -2.91. The number of nitrogens with zero attached hydrogens (tertiary/aromatic N) is 7. The number of piperazine rings is 1. The number of hydrogen-bond acceptors (Lipinski definition) is 6. The van der Waals surface area contributed by atoms with Gasteiger partial charge in [0.05, 0.1) is 30.2 Å². The summed E-state index contributed by atoms with van der Waals surface area (Å²) in [6.07, 6.45) is 4.30. The second-order valence-corrected chi connectivity index (χ2v) is 7.32. The minimum Gasteiger partial charge on any atom is -0.327 e. The fourth-order valence-electron chi connectivity index (χ4n) is 4.26. The first-order chi connectivity index (χ1) is 12.5. The maximum absolute atomic E-state index is 13.7. The summed E-state index contributed by atoms with van der Waals surface area (Å²) >= 11 is 0. The first kappa shape index (κ1) is 15.4. The Kier molecular flexibility index (Phi) is 2.98. The van der Waals surface area contributed by atoms with Crippen LogP contribution in [0.5, 0.6) is 0 Å². The highest BCUT2D eigenvalue weighted by molar-refractivity contribution is 6.35. The SMILES string of the molecule is O=C1C(=O)N(C23CC(F)(C2)C3)CCN1Cc1ccc(-n2ccnn2)nn1. The number of hydrogen-bond donors (Lipinski definition) is 0. The van der Waals surface area contributed by atoms with Gasteiger partial charge in [0.25, 0.3) is 0 Å². The highest BCUT2D eigenvalue weighted by atomic mass is 19.1. The molecule has 10 heteroatoms. The smallest absolute Gasteiger partial charge is 0.312 e. The van der Waals surface area contributed by atoms with Crippen LogP contribution in [-0.2, 0) is 16.1 Å². The van der Waals surface area contributed by atoms with Crippen LogP contribution in [0.25, 0.3) is 5.82 Å². The minimum atomic E-state index is -1.10. The van der Waals surface area contributed by atoms with E-state index in [1.165, 1.54) is 15.8 Å². The monoisotopic (exact) mass is 357 g/mol. The Labute approximate surface area is 147 Å². The van der Waals surface area contributed by atoms with Gasteiger partial charge in [0.2, 0.25) is 0 Å². The number of carbonyl (C=O) groups is 2. The fourth-order valence-corrected chi connectivity index (χ4v) is 4.26. The van der Waals surface area contributed by atoms with Crippen LogP contribution >= 0.6 is 0 Å². The van der Waals surface area contributed by atoms with E-state index in [9.17, 15) is 14.0 Å². The van der Waals surface area contributed by atoms with Crippen molar-refractivity contribution in [1.29, 1.82) is 0 Å². The van der Waals surface area contributed by atoms with Crippen molar-refractivity contribution in [3.05, 3.63) is 30.2 Å². The lowest BCUT2D eigenvalue weighted by atomic mass is 9.46. The molecule has 0 radical (unpaired) electrons. The molecule has 0 spiro atoms. The van der Waals surface area contributed by atoms with E-state index in [-0.39, 0.29) is 6.54 Å². The van der Waals surface area contributed by atoms with Crippen LogP contribution in [0.2, 0.25) is 0 Å². The van der Waals surface area contributed by atoms with Gasteiger partial charge >= 0.3 is 11.8 Å². The zero-order valence-electron chi connectivity index (χ0n) is 13.9. The van der Waals surface area contributed by atoms with E-state index in [4.69, 9.17) is 0 Å². The first-order valence-corrected chi connectivity index (χ1v) is 8.47. The Bertz CT molecular complexity index is 863. The van der Waals surface area contributed by atoms with Gasteiger partial charge < -0.3 is 9.80 Å². The van der Waals surface area contributed by atoms with Crippen molar-refractivity contribution in [1.82, 2.24) is 35.0 Å². The quantitative estimate of drug-likeness (QED) is 0.708. The fraction of sp³-hybridized carbons (Fsp3) is 0.500. The molecule has 0 N–H and O–H groups in total. The molecule has 2 bridgehead atoms. The van der Waals surface area contributed by atoms with Crippen LogP contribution in [0.3, 0.4) is 0 Å². The van der Waals surface area contributed by atoms with Gasteiger partial charge in [-0.2, -0.15) is 5.10 Å². The Morgan fingerprint density at radius 2 is 1.88 bits per heavy atom. The van der Waals surface area contributed by atoms with Crippen LogP contribution < -0.4 is 0 Å². The molecule has 3 heterocycles. The van der Waals surface area contributed by atoms with Crippen molar-refractivity contribution in [3.8, 4) is 5.82 Å². The summed E-state index contributed by atoms with van der Waals surface area (Å²) in [5.41, 5.74) is -0.925. The third-order valence-electron chi connectivity index (χ3n) is 5.53. The van der Waals surface area contributed by atoms with E-state index < -0.39 is 23.0 Å². The molecule has 0 atom stereocenters. The van der Waals surface area contributed by atoms with Gasteiger partial charge in [0.15, 0.2) is 5.82 Å². The first-order valence-electron chi connectivity index (χ1n) is 8.47. The molecule has 134 valence electrons. The normalized spacial score (nSPS) is 30.2. The van der Waals surface area contributed by atoms with Crippen molar-refractivity contribution < 1.29 is 14.0 Å². The van der Waals surface area contributed by atoms with Crippen molar-refractivity contribution in [3.63, 3.8) is 0 Å². The van der Waals surface area contributed by atoms with Crippen LogP contribution in [0.1, 0.15) is 25.0 Å². The topological polar surface area (TPSA) is 97.1 Å². The van der Waals surface area contributed by atoms with Crippen molar-refractivity contribution in [2.45, 2.75) is 37.0 Å². The summed E-state index contributed by atoms with van der Waals surface area (Å²) in [5.74, 6) is -0.580. The predicted molar refractivity (Wildman–Crippen MR) is 84.5 cm³/mol. The van der Waals surface area contributed by atoms with E-state index in [0.717, 1.165) is 0 Å². The van der Waals surface area contributed by atoms with E-state index in [1.54, 1.807) is 23.2 Å². The summed E-state index contributed by atoms with van der Waals surface area (Å²) in [7, 11) is 0. The second kappa shape index (κ2) is 5.05.